The normalized spacial score (nSPS) is 12.7. The van der Waals surface area contributed by atoms with Crippen molar-refractivity contribution in [3.63, 3.8) is 0 Å². The average molecular weight is 192 g/mol. The van der Waals surface area contributed by atoms with E-state index in [9.17, 15) is 5.11 Å². The van der Waals surface area contributed by atoms with Crippen molar-refractivity contribution in [2.45, 2.75) is 6.10 Å². The number of aromatic nitrogens is 2. The maximum Gasteiger partial charge on any atom is 0.124 e. The Labute approximate surface area is 79.8 Å². The molecule has 13 heavy (non-hydrogen) atoms. The predicted octanol–water partition coefficient (Wildman–Crippen LogP) is 1.62. The zero-order valence-electron chi connectivity index (χ0n) is 6.79. The molecule has 0 aliphatic heterocycles. The fraction of sp³-hybridized carbons (Fsp3) is 0.111. The first-order chi connectivity index (χ1) is 6.38. The molecular formula is C9H8N2OS. The van der Waals surface area contributed by atoms with E-state index in [0.29, 0.717) is 5.69 Å². The number of nitrogens with zero attached hydrogens (tertiary/aromatic N) is 2. The minimum atomic E-state index is -0.653. The molecule has 3 nitrogen and oxygen atoms in total. The Kier molecular flexibility index (Phi) is 2.33. The first-order valence-corrected chi connectivity index (χ1v) is 4.71. The number of hydrogen-bond donors (Lipinski definition) is 1. The van der Waals surface area contributed by atoms with E-state index in [1.165, 1.54) is 11.5 Å². The highest BCUT2D eigenvalue weighted by molar-refractivity contribution is 7.03. The molecule has 0 spiro atoms. The molecule has 66 valence electrons. The second-order valence-corrected chi connectivity index (χ2v) is 3.25. The van der Waals surface area contributed by atoms with Gasteiger partial charge in [-0.15, -0.1) is 5.10 Å². The lowest BCUT2D eigenvalue weighted by Crippen LogP contribution is -1.99. The summed E-state index contributed by atoms with van der Waals surface area (Å²) in [6.45, 7) is 0. The highest BCUT2D eigenvalue weighted by Crippen LogP contribution is 2.19. The summed E-state index contributed by atoms with van der Waals surface area (Å²) in [5.41, 5.74) is 1.45. The predicted molar refractivity (Wildman–Crippen MR) is 50.4 cm³/mol. The summed E-state index contributed by atoms with van der Waals surface area (Å²) < 4.78 is 3.70. The summed E-state index contributed by atoms with van der Waals surface area (Å²) in [7, 11) is 0. The lowest BCUT2D eigenvalue weighted by molar-refractivity contribution is 0.215. The third-order valence-corrected chi connectivity index (χ3v) is 2.30. The van der Waals surface area contributed by atoms with Crippen molar-refractivity contribution in [2.75, 3.05) is 0 Å². The summed E-state index contributed by atoms with van der Waals surface area (Å²) >= 11 is 1.24. The summed E-state index contributed by atoms with van der Waals surface area (Å²) in [4.78, 5) is 0. The van der Waals surface area contributed by atoms with Crippen LogP contribution in [0.15, 0.2) is 35.7 Å². The number of rotatable bonds is 2. The summed E-state index contributed by atoms with van der Waals surface area (Å²) in [6.07, 6.45) is -0.653. The van der Waals surface area contributed by atoms with Gasteiger partial charge in [-0.05, 0) is 17.1 Å². The maximum absolute atomic E-state index is 9.78. The van der Waals surface area contributed by atoms with E-state index < -0.39 is 6.10 Å². The van der Waals surface area contributed by atoms with Crippen LogP contribution in [0.3, 0.4) is 0 Å². The molecule has 1 N–H and O–H groups in total. The van der Waals surface area contributed by atoms with Crippen molar-refractivity contribution < 1.29 is 5.11 Å². The lowest BCUT2D eigenvalue weighted by Gasteiger charge is -2.05. The van der Waals surface area contributed by atoms with Gasteiger partial charge in [-0.3, -0.25) is 0 Å². The van der Waals surface area contributed by atoms with Crippen LogP contribution in [0.2, 0.25) is 0 Å². The Morgan fingerprint density at radius 3 is 2.62 bits per heavy atom. The molecule has 0 bridgehead atoms. The molecule has 0 radical (unpaired) electrons. The standard InChI is InChI=1S/C9H8N2OS/c12-9(8-6-13-11-10-8)7-4-2-1-3-5-7/h1-6,9,12H. The van der Waals surface area contributed by atoms with Crippen molar-refractivity contribution in [2.24, 2.45) is 0 Å². The van der Waals surface area contributed by atoms with E-state index in [-0.39, 0.29) is 0 Å². The monoisotopic (exact) mass is 192 g/mol. The molecule has 1 unspecified atom stereocenters. The van der Waals surface area contributed by atoms with Crippen LogP contribution in [0, 0.1) is 0 Å². The van der Waals surface area contributed by atoms with Gasteiger partial charge < -0.3 is 5.11 Å². The van der Waals surface area contributed by atoms with Gasteiger partial charge in [0.2, 0.25) is 0 Å². The summed E-state index contributed by atoms with van der Waals surface area (Å²) in [6, 6.07) is 9.42. The molecule has 0 saturated carbocycles. The first kappa shape index (κ1) is 8.34. The van der Waals surface area contributed by atoms with Gasteiger partial charge in [0.15, 0.2) is 0 Å². The third kappa shape index (κ3) is 1.74. The number of aliphatic hydroxyl groups is 1. The van der Waals surface area contributed by atoms with Gasteiger partial charge in [0.05, 0.1) is 0 Å². The van der Waals surface area contributed by atoms with E-state index in [0.717, 1.165) is 5.56 Å². The quantitative estimate of drug-likeness (QED) is 0.786. The fourth-order valence-corrected chi connectivity index (χ4v) is 1.57. The molecule has 0 aliphatic rings. The molecule has 0 fully saturated rings. The van der Waals surface area contributed by atoms with Crippen molar-refractivity contribution in [1.82, 2.24) is 9.59 Å². The van der Waals surface area contributed by atoms with Crippen LogP contribution < -0.4 is 0 Å². The van der Waals surface area contributed by atoms with Gasteiger partial charge >= 0.3 is 0 Å². The third-order valence-electron chi connectivity index (χ3n) is 1.77. The van der Waals surface area contributed by atoms with E-state index in [1.54, 1.807) is 5.38 Å². The molecule has 2 rings (SSSR count). The molecule has 1 aromatic heterocycles. The van der Waals surface area contributed by atoms with Crippen molar-refractivity contribution >= 4 is 11.5 Å². The van der Waals surface area contributed by atoms with Crippen molar-refractivity contribution in [3.8, 4) is 0 Å². The Morgan fingerprint density at radius 1 is 1.23 bits per heavy atom. The lowest BCUT2D eigenvalue weighted by atomic mass is 10.1. The van der Waals surface area contributed by atoms with Crippen LogP contribution in [0.5, 0.6) is 0 Å². The van der Waals surface area contributed by atoms with Crippen LogP contribution in [0.4, 0.5) is 0 Å². The summed E-state index contributed by atoms with van der Waals surface area (Å²) in [5, 5.41) is 15.3. The molecule has 0 aliphatic carbocycles. The highest BCUT2D eigenvalue weighted by atomic mass is 32.1. The molecule has 0 amide bonds. The van der Waals surface area contributed by atoms with Gasteiger partial charge in [0.25, 0.3) is 0 Å². The Hall–Kier alpha value is -1.26. The van der Waals surface area contributed by atoms with Gasteiger partial charge in [0, 0.05) is 5.38 Å². The second-order valence-electron chi connectivity index (χ2n) is 2.64. The SMILES string of the molecule is OC(c1ccccc1)c1csnn1. The Balaban J connectivity index is 2.29. The number of hydrogen-bond acceptors (Lipinski definition) is 4. The molecule has 1 aromatic carbocycles. The Bertz CT molecular complexity index is 360. The molecule has 1 atom stereocenters. The minimum Gasteiger partial charge on any atom is -0.382 e. The van der Waals surface area contributed by atoms with E-state index in [4.69, 9.17) is 0 Å². The van der Waals surface area contributed by atoms with Gasteiger partial charge in [-0.1, -0.05) is 34.8 Å². The molecule has 1 heterocycles. The topological polar surface area (TPSA) is 46.0 Å². The Morgan fingerprint density at radius 2 is 2.00 bits per heavy atom. The first-order valence-electron chi connectivity index (χ1n) is 3.88. The van der Waals surface area contributed by atoms with Gasteiger partial charge in [-0.2, -0.15) is 0 Å². The molecule has 4 heteroatoms. The van der Waals surface area contributed by atoms with Crippen LogP contribution in [-0.2, 0) is 0 Å². The van der Waals surface area contributed by atoms with Crippen LogP contribution in [-0.4, -0.2) is 14.7 Å². The van der Waals surface area contributed by atoms with Gasteiger partial charge in [0.1, 0.15) is 11.8 Å². The smallest absolute Gasteiger partial charge is 0.124 e. The fourth-order valence-electron chi connectivity index (χ4n) is 1.10. The van der Waals surface area contributed by atoms with E-state index in [2.05, 4.69) is 9.59 Å². The van der Waals surface area contributed by atoms with E-state index >= 15 is 0 Å². The van der Waals surface area contributed by atoms with Crippen molar-refractivity contribution in [3.05, 3.63) is 47.0 Å². The molecule has 0 saturated heterocycles. The number of benzene rings is 1. The minimum absolute atomic E-state index is 0.608. The van der Waals surface area contributed by atoms with E-state index in [1.807, 2.05) is 30.3 Å². The second kappa shape index (κ2) is 3.64. The van der Waals surface area contributed by atoms with Crippen molar-refractivity contribution in [1.29, 1.82) is 0 Å². The number of aliphatic hydroxyl groups excluding tert-OH is 1. The average Bonchev–Trinajstić information content (AvgIpc) is 2.71. The van der Waals surface area contributed by atoms with Crippen LogP contribution in [0.25, 0.3) is 0 Å². The van der Waals surface area contributed by atoms with Crippen LogP contribution >= 0.6 is 11.5 Å². The zero-order chi connectivity index (χ0) is 9.10. The largest absolute Gasteiger partial charge is 0.382 e. The van der Waals surface area contributed by atoms with Gasteiger partial charge in [-0.25, -0.2) is 0 Å². The molecular weight excluding hydrogens is 184 g/mol. The van der Waals surface area contributed by atoms with Crippen LogP contribution in [0.1, 0.15) is 17.4 Å². The highest BCUT2D eigenvalue weighted by Gasteiger charge is 2.11. The molecule has 2 aromatic rings. The maximum atomic E-state index is 9.78. The summed E-state index contributed by atoms with van der Waals surface area (Å²) in [5.74, 6) is 0. The zero-order valence-corrected chi connectivity index (χ0v) is 7.61.